The summed E-state index contributed by atoms with van der Waals surface area (Å²) in [6, 6.07) is 1.73. The third kappa shape index (κ3) is 3.38. The van der Waals surface area contributed by atoms with Crippen molar-refractivity contribution in [2.24, 2.45) is 0 Å². The Kier molecular flexibility index (Phi) is 3.91. The molecule has 0 saturated heterocycles. The van der Waals surface area contributed by atoms with Gasteiger partial charge in [-0.05, 0) is 0 Å². The molecule has 2 aromatic rings. The molecule has 0 aliphatic carbocycles. The lowest BCUT2D eigenvalue weighted by Gasteiger charge is -2.08. The predicted octanol–water partition coefficient (Wildman–Crippen LogP) is 3.32. The second kappa shape index (κ2) is 5.42. The minimum absolute atomic E-state index is 0.262. The number of thiazole rings is 1. The van der Waals surface area contributed by atoms with E-state index in [4.69, 9.17) is 11.6 Å². The SMILES string of the molecule is CC(C)c1nc(Cl)cc(NCc2cncs2)n1. The van der Waals surface area contributed by atoms with Crippen LogP contribution in [-0.2, 0) is 6.54 Å². The van der Waals surface area contributed by atoms with Gasteiger partial charge in [-0.15, -0.1) is 11.3 Å². The molecule has 90 valence electrons. The van der Waals surface area contributed by atoms with E-state index in [0.717, 1.165) is 16.5 Å². The first-order valence-corrected chi connectivity index (χ1v) is 6.56. The Morgan fingerprint density at radius 3 is 2.88 bits per heavy atom. The van der Waals surface area contributed by atoms with E-state index in [9.17, 15) is 0 Å². The van der Waals surface area contributed by atoms with Crippen molar-refractivity contribution in [3.05, 3.63) is 33.6 Å². The summed E-state index contributed by atoms with van der Waals surface area (Å²) in [7, 11) is 0. The Hall–Kier alpha value is -1.20. The Morgan fingerprint density at radius 1 is 1.41 bits per heavy atom. The molecule has 0 aromatic carbocycles. The Morgan fingerprint density at radius 2 is 2.24 bits per heavy atom. The topological polar surface area (TPSA) is 50.7 Å². The Balaban J connectivity index is 2.10. The molecule has 2 aromatic heterocycles. The van der Waals surface area contributed by atoms with E-state index in [-0.39, 0.29) is 5.92 Å². The van der Waals surface area contributed by atoms with Gasteiger partial charge in [-0.1, -0.05) is 25.4 Å². The number of rotatable bonds is 4. The normalized spacial score (nSPS) is 10.8. The highest BCUT2D eigenvalue weighted by atomic mass is 35.5. The van der Waals surface area contributed by atoms with Gasteiger partial charge >= 0.3 is 0 Å². The fourth-order valence-electron chi connectivity index (χ4n) is 1.29. The van der Waals surface area contributed by atoms with Crippen LogP contribution in [-0.4, -0.2) is 15.0 Å². The molecule has 0 unspecified atom stereocenters. The van der Waals surface area contributed by atoms with Gasteiger partial charge in [0, 0.05) is 23.1 Å². The molecule has 2 rings (SSSR count). The standard InChI is InChI=1S/C11H13ClN4S/c1-7(2)11-15-9(12)3-10(16-11)14-5-8-4-13-6-17-8/h3-4,6-7H,5H2,1-2H3,(H,14,15,16). The summed E-state index contributed by atoms with van der Waals surface area (Å²) < 4.78 is 0. The zero-order chi connectivity index (χ0) is 12.3. The largest absolute Gasteiger partial charge is 0.365 e. The summed E-state index contributed by atoms with van der Waals surface area (Å²) >= 11 is 7.56. The molecule has 2 heterocycles. The van der Waals surface area contributed by atoms with Crippen LogP contribution in [0.2, 0.25) is 5.15 Å². The van der Waals surface area contributed by atoms with Crippen molar-refractivity contribution in [3.63, 3.8) is 0 Å². The van der Waals surface area contributed by atoms with Crippen LogP contribution >= 0.6 is 22.9 Å². The van der Waals surface area contributed by atoms with Gasteiger partial charge in [0.1, 0.15) is 16.8 Å². The molecule has 0 aliphatic heterocycles. The number of nitrogens with one attached hydrogen (secondary N) is 1. The first kappa shape index (κ1) is 12.3. The average Bonchev–Trinajstić information content (AvgIpc) is 2.78. The molecule has 1 N–H and O–H groups in total. The van der Waals surface area contributed by atoms with Crippen molar-refractivity contribution in [3.8, 4) is 0 Å². The van der Waals surface area contributed by atoms with Crippen molar-refractivity contribution in [1.29, 1.82) is 0 Å². The monoisotopic (exact) mass is 268 g/mol. The van der Waals surface area contributed by atoms with Crippen molar-refractivity contribution >= 4 is 28.8 Å². The van der Waals surface area contributed by atoms with E-state index < -0.39 is 0 Å². The molecule has 4 nitrogen and oxygen atoms in total. The van der Waals surface area contributed by atoms with Crippen LogP contribution < -0.4 is 5.32 Å². The zero-order valence-electron chi connectivity index (χ0n) is 9.64. The van der Waals surface area contributed by atoms with Crippen LogP contribution in [0.25, 0.3) is 0 Å². The first-order chi connectivity index (χ1) is 8.15. The highest BCUT2D eigenvalue weighted by molar-refractivity contribution is 7.09. The van der Waals surface area contributed by atoms with Gasteiger partial charge in [-0.25, -0.2) is 9.97 Å². The van der Waals surface area contributed by atoms with E-state index in [1.807, 2.05) is 25.6 Å². The minimum atomic E-state index is 0.262. The van der Waals surface area contributed by atoms with Crippen molar-refractivity contribution in [2.45, 2.75) is 26.3 Å². The van der Waals surface area contributed by atoms with Crippen molar-refractivity contribution < 1.29 is 0 Å². The first-order valence-electron chi connectivity index (χ1n) is 5.31. The molecule has 0 radical (unpaired) electrons. The second-order valence-electron chi connectivity index (χ2n) is 3.91. The van der Waals surface area contributed by atoms with Crippen LogP contribution in [0.4, 0.5) is 5.82 Å². The van der Waals surface area contributed by atoms with Gasteiger partial charge in [-0.3, -0.25) is 4.98 Å². The summed E-state index contributed by atoms with van der Waals surface area (Å²) in [6.07, 6.45) is 1.84. The summed E-state index contributed by atoms with van der Waals surface area (Å²) in [5.41, 5.74) is 1.81. The summed E-state index contributed by atoms with van der Waals surface area (Å²) in [5, 5.41) is 3.69. The average molecular weight is 269 g/mol. The Labute approximate surface area is 109 Å². The zero-order valence-corrected chi connectivity index (χ0v) is 11.2. The van der Waals surface area contributed by atoms with Crippen molar-refractivity contribution in [2.75, 3.05) is 5.32 Å². The summed E-state index contributed by atoms with van der Waals surface area (Å²) in [4.78, 5) is 13.8. The number of hydrogen-bond donors (Lipinski definition) is 1. The molecule has 0 bridgehead atoms. The molecule has 0 atom stereocenters. The van der Waals surface area contributed by atoms with Gasteiger partial charge in [0.05, 0.1) is 12.1 Å². The van der Waals surface area contributed by atoms with Gasteiger partial charge in [0.2, 0.25) is 0 Å². The third-order valence-electron chi connectivity index (χ3n) is 2.16. The lowest BCUT2D eigenvalue weighted by Crippen LogP contribution is -2.04. The number of aromatic nitrogens is 3. The fraction of sp³-hybridized carbons (Fsp3) is 0.364. The number of anilines is 1. The van der Waals surface area contributed by atoms with Gasteiger partial charge in [-0.2, -0.15) is 0 Å². The lowest BCUT2D eigenvalue weighted by molar-refractivity contribution is 0.774. The van der Waals surface area contributed by atoms with E-state index in [2.05, 4.69) is 20.3 Å². The molecule has 0 fully saturated rings. The maximum absolute atomic E-state index is 5.95. The second-order valence-corrected chi connectivity index (χ2v) is 5.27. The summed E-state index contributed by atoms with van der Waals surface area (Å²) in [6.45, 7) is 4.78. The number of halogens is 1. The Bertz CT molecular complexity index is 484. The third-order valence-corrected chi connectivity index (χ3v) is 3.13. The van der Waals surface area contributed by atoms with E-state index in [1.54, 1.807) is 17.4 Å². The highest BCUT2D eigenvalue weighted by Gasteiger charge is 2.07. The maximum Gasteiger partial charge on any atom is 0.135 e. The van der Waals surface area contributed by atoms with Crippen LogP contribution in [0, 0.1) is 0 Å². The van der Waals surface area contributed by atoms with Crippen LogP contribution in [0.3, 0.4) is 0 Å². The van der Waals surface area contributed by atoms with E-state index in [0.29, 0.717) is 11.7 Å². The molecule has 0 spiro atoms. The molecule has 6 heteroatoms. The quantitative estimate of drug-likeness (QED) is 0.865. The molecular formula is C11H13ClN4S. The smallest absolute Gasteiger partial charge is 0.135 e. The molecule has 0 amide bonds. The van der Waals surface area contributed by atoms with Gasteiger partial charge < -0.3 is 5.32 Å². The number of hydrogen-bond acceptors (Lipinski definition) is 5. The predicted molar refractivity (Wildman–Crippen MR) is 70.6 cm³/mol. The minimum Gasteiger partial charge on any atom is -0.365 e. The van der Waals surface area contributed by atoms with E-state index >= 15 is 0 Å². The van der Waals surface area contributed by atoms with Crippen LogP contribution in [0.1, 0.15) is 30.5 Å². The number of nitrogens with zero attached hydrogens (tertiary/aromatic N) is 3. The molecule has 17 heavy (non-hydrogen) atoms. The lowest BCUT2D eigenvalue weighted by atomic mass is 10.2. The molecular weight excluding hydrogens is 256 g/mol. The van der Waals surface area contributed by atoms with Crippen LogP contribution in [0.5, 0.6) is 0 Å². The maximum atomic E-state index is 5.95. The molecule has 0 saturated carbocycles. The summed E-state index contributed by atoms with van der Waals surface area (Å²) in [5.74, 6) is 1.77. The fourth-order valence-corrected chi connectivity index (χ4v) is 2.02. The van der Waals surface area contributed by atoms with Gasteiger partial charge in [0.15, 0.2) is 0 Å². The highest BCUT2D eigenvalue weighted by Crippen LogP contribution is 2.18. The van der Waals surface area contributed by atoms with E-state index in [1.165, 1.54) is 0 Å². The van der Waals surface area contributed by atoms with Gasteiger partial charge in [0.25, 0.3) is 0 Å². The molecule has 0 aliphatic rings. The van der Waals surface area contributed by atoms with Crippen LogP contribution in [0.15, 0.2) is 17.8 Å². The van der Waals surface area contributed by atoms with Crippen molar-refractivity contribution in [1.82, 2.24) is 15.0 Å².